The molecule has 0 unspecified atom stereocenters. The van der Waals surface area contributed by atoms with Crippen LogP contribution in [0, 0.1) is 0 Å². The molecular weight excluding hydrogens is 568 g/mol. The lowest BCUT2D eigenvalue weighted by Gasteiger charge is -2.38. The zero-order valence-corrected chi connectivity index (χ0v) is 26.4. The van der Waals surface area contributed by atoms with Crippen molar-refractivity contribution in [1.29, 1.82) is 0 Å². The number of carbonyl (C=O) groups excluding carboxylic acids is 2. The molecule has 7 nitrogen and oxygen atoms in total. The van der Waals surface area contributed by atoms with Gasteiger partial charge in [-0.15, -0.1) is 0 Å². The number of hydrogen-bond donors (Lipinski definition) is 0. The van der Waals surface area contributed by atoms with Gasteiger partial charge in [0.25, 0.3) is 0 Å². The molecule has 0 amide bonds. The molecule has 4 aromatic rings. The van der Waals surface area contributed by atoms with E-state index in [2.05, 4.69) is 6.92 Å². The van der Waals surface area contributed by atoms with Gasteiger partial charge in [0, 0.05) is 12.3 Å². The molecule has 7 heteroatoms. The van der Waals surface area contributed by atoms with Crippen LogP contribution in [0.15, 0.2) is 84.9 Å². The first-order chi connectivity index (χ1) is 21.8. The van der Waals surface area contributed by atoms with Crippen LogP contribution in [0.25, 0.3) is 0 Å². The van der Waals surface area contributed by atoms with Crippen LogP contribution in [0.4, 0.5) is 4.79 Å². The van der Waals surface area contributed by atoms with Gasteiger partial charge in [-0.3, -0.25) is 4.79 Å². The molecule has 0 spiro atoms. The van der Waals surface area contributed by atoms with Gasteiger partial charge in [0.2, 0.25) is 0 Å². The molecule has 0 aliphatic heterocycles. The minimum absolute atomic E-state index is 0.157. The Morgan fingerprint density at radius 2 is 1.11 bits per heavy atom. The molecule has 4 aromatic carbocycles. The maximum absolute atomic E-state index is 12.8. The summed E-state index contributed by atoms with van der Waals surface area (Å²) < 4.78 is 27.9. The SMILES string of the molecule is CCc1cc(Oc2ccc(OC(=O)Oc3ccc(C4(c5ccc(OC(C)=O)cc5)CCCCC4)cc3)c(CC)c2)ccc1OC. The number of hydrogen-bond acceptors (Lipinski definition) is 7. The summed E-state index contributed by atoms with van der Waals surface area (Å²) in [5, 5.41) is 0. The van der Waals surface area contributed by atoms with E-state index in [-0.39, 0.29) is 11.4 Å². The van der Waals surface area contributed by atoms with Crippen molar-refractivity contribution in [3.8, 4) is 34.5 Å². The third kappa shape index (κ3) is 7.48. The monoisotopic (exact) mass is 608 g/mol. The summed E-state index contributed by atoms with van der Waals surface area (Å²) in [4.78, 5) is 24.2. The molecule has 0 aromatic heterocycles. The summed E-state index contributed by atoms with van der Waals surface area (Å²) in [7, 11) is 1.66. The fraction of sp³-hybridized carbons (Fsp3) is 0.316. The van der Waals surface area contributed by atoms with Crippen molar-refractivity contribution in [2.24, 2.45) is 0 Å². The Balaban J connectivity index is 1.26. The quantitative estimate of drug-likeness (QED) is 0.101. The average Bonchev–Trinajstić information content (AvgIpc) is 3.06. The van der Waals surface area contributed by atoms with E-state index in [1.54, 1.807) is 19.2 Å². The van der Waals surface area contributed by atoms with E-state index in [1.165, 1.54) is 18.9 Å². The lowest BCUT2D eigenvalue weighted by Crippen LogP contribution is -2.30. The van der Waals surface area contributed by atoms with Crippen molar-refractivity contribution in [3.05, 3.63) is 107 Å². The molecule has 0 atom stereocenters. The predicted octanol–water partition coefficient (Wildman–Crippen LogP) is 9.37. The van der Waals surface area contributed by atoms with Gasteiger partial charge < -0.3 is 23.7 Å². The van der Waals surface area contributed by atoms with E-state index in [0.717, 1.165) is 54.5 Å². The second-order valence-corrected chi connectivity index (χ2v) is 11.3. The molecule has 1 aliphatic carbocycles. The Bertz CT molecular complexity index is 1620. The molecule has 1 fully saturated rings. The summed E-state index contributed by atoms with van der Waals surface area (Å²) in [6.07, 6.45) is 6.14. The second kappa shape index (κ2) is 14.3. The molecule has 1 aliphatic rings. The van der Waals surface area contributed by atoms with Crippen molar-refractivity contribution in [2.45, 2.75) is 71.1 Å². The Morgan fingerprint density at radius 1 is 0.622 bits per heavy atom. The third-order valence-electron chi connectivity index (χ3n) is 8.46. The maximum atomic E-state index is 12.8. The number of benzene rings is 4. The molecule has 0 heterocycles. The average molecular weight is 609 g/mol. The lowest BCUT2D eigenvalue weighted by molar-refractivity contribution is -0.131. The minimum Gasteiger partial charge on any atom is -0.496 e. The Labute approximate surface area is 265 Å². The normalized spacial score (nSPS) is 13.9. The highest BCUT2D eigenvalue weighted by Crippen LogP contribution is 2.45. The van der Waals surface area contributed by atoms with Crippen LogP contribution in [0.1, 0.15) is 75.1 Å². The van der Waals surface area contributed by atoms with Crippen LogP contribution in [-0.4, -0.2) is 19.2 Å². The van der Waals surface area contributed by atoms with E-state index >= 15 is 0 Å². The van der Waals surface area contributed by atoms with Crippen molar-refractivity contribution >= 4 is 12.1 Å². The molecule has 1 saturated carbocycles. The van der Waals surface area contributed by atoms with Crippen LogP contribution in [0.2, 0.25) is 0 Å². The highest BCUT2D eigenvalue weighted by molar-refractivity contribution is 5.69. The lowest BCUT2D eigenvalue weighted by atomic mass is 9.65. The summed E-state index contributed by atoms with van der Waals surface area (Å²) in [5.74, 6) is 3.22. The summed E-state index contributed by atoms with van der Waals surface area (Å²) >= 11 is 0. The second-order valence-electron chi connectivity index (χ2n) is 11.3. The summed E-state index contributed by atoms with van der Waals surface area (Å²) in [5.41, 5.74) is 4.07. The zero-order chi connectivity index (χ0) is 31.8. The van der Waals surface area contributed by atoms with E-state index in [4.69, 9.17) is 23.7 Å². The molecule has 234 valence electrons. The largest absolute Gasteiger partial charge is 0.519 e. The van der Waals surface area contributed by atoms with Gasteiger partial charge in [0.05, 0.1) is 7.11 Å². The number of esters is 1. The van der Waals surface area contributed by atoms with Crippen molar-refractivity contribution < 1.29 is 33.3 Å². The number of carbonyl (C=O) groups is 2. The molecule has 0 N–H and O–H groups in total. The van der Waals surface area contributed by atoms with Crippen molar-refractivity contribution in [1.82, 2.24) is 0 Å². The highest BCUT2D eigenvalue weighted by atomic mass is 16.7. The summed E-state index contributed by atoms with van der Waals surface area (Å²) in [6, 6.07) is 26.6. The first kappa shape index (κ1) is 31.6. The minimum atomic E-state index is -0.803. The van der Waals surface area contributed by atoms with Gasteiger partial charge >= 0.3 is 12.1 Å². The van der Waals surface area contributed by atoms with E-state index in [9.17, 15) is 9.59 Å². The van der Waals surface area contributed by atoms with Crippen LogP contribution in [0.5, 0.6) is 34.5 Å². The van der Waals surface area contributed by atoms with Crippen LogP contribution < -0.4 is 23.7 Å². The molecular formula is C38H40O7. The van der Waals surface area contributed by atoms with Crippen LogP contribution >= 0.6 is 0 Å². The Hall–Kier alpha value is -4.78. The zero-order valence-electron chi connectivity index (χ0n) is 26.4. The van der Waals surface area contributed by atoms with Gasteiger partial charge in [0.1, 0.15) is 34.5 Å². The number of aryl methyl sites for hydroxylation is 2. The number of methoxy groups -OCH3 is 1. The predicted molar refractivity (Wildman–Crippen MR) is 173 cm³/mol. The van der Waals surface area contributed by atoms with E-state index < -0.39 is 6.16 Å². The Morgan fingerprint density at radius 3 is 1.62 bits per heavy atom. The highest BCUT2D eigenvalue weighted by Gasteiger charge is 2.35. The van der Waals surface area contributed by atoms with Crippen molar-refractivity contribution in [3.63, 3.8) is 0 Å². The van der Waals surface area contributed by atoms with Gasteiger partial charge in [-0.25, -0.2) is 4.79 Å². The third-order valence-corrected chi connectivity index (χ3v) is 8.46. The molecule has 0 bridgehead atoms. The van der Waals surface area contributed by atoms with Crippen molar-refractivity contribution in [2.75, 3.05) is 7.11 Å². The first-order valence-corrected chi connectivity index (χ1v) is 15.6. The van der Waals surface area contributed by atoms with E-state index in [0.29, 0.717) is 35.2 Å². The van der Waals surface area contributed by atoms with Crippen LogP contribution in [0.3, 0.4) is 0 Å². The number of ether oxygens (including phenoxy) is 5. The van der Waals surface area contributed by atoms with Gasteiger partial charge in [-0.2, -0.15) is 0 Å². The molecule has 45 heavy (non-hydrogen) atoms. The first-order valence-electron chi connectivity index (χ1n) is 15.6. The smallest absolute Gasteiger partial charge is 0.496 e. The van der Waals surface area contributed by atoms with E-state index in [1.807, 2.05) is 79.7 Å². The molecule has 5 rings (SSSR count). The topological polar surface area (TPSA) is 80.3 Å². The fourth-order valence-corrected chi connectivity index (χ4v) is 6.18. The van der Waals surface area contributed by atoms with Gasteiger partial charge in [-0.1, -0.05) is 57.4 Å². The molecule has 0 saturated heterocycles. The standard InChI is InChI=1S/C38H40O7/c1-5-27-24-33(18-20-35(27)41-4)43-34-19-21-36(28(6-2)25-34)45-37(40)44-32-16-12-30(13-17-32)38(22-8-7-9-23-38)29-10-14-31(15-11-29)42-26(3)39/h10-21,24-25H,5-9,22-23H2,1-4H3. The molecule has 0 radical (unpaired) electrons. The summed E-state index contributed by atoms with van der Waals surface area (Å²) in [6.45, 7) is 5.46. The maximum Gasteiger partial charge on any atom is 0.519 e. The number of rotatable bonds is 10. The van der Waals surface area contributed by atoms with Crippen LogP contribution in [-0.2, 0) is 23.1 Å². The van der Waals surface area contributed by atoms with Gasteiger partial charge in [0.15, 0.2) is 0 Å². The Kier molecular flexibility index (Phi) is 10.1. The van der Waals surface area contributed by atoms with Gasteiger partial charge in [-0.05, 0) is 109 Å². The fourth-order valence-electron chi connectivity index (χ4n) is 6.18.